The monoisotopic (exact) mass is 366 g/mol. The van der Waals surface area contributed by atoms with Crippen molar-refractivity contribution in [3.8, 4) is 0 Å². The molecule has 1 fully saturated rings. The third kappa shape index (κ3) is 3.77. The van der Waals surface area contributed by atoms with Crippen LogP contribution in [0.25, 0.3) is 11.6 Å². The molecule has 1 aliphatic rings. The standard InChI is InChI=1S/C23H27ClN2/c1-5-9-18-10-6-7-11-19(18)16(2)17(3)20-14-23(24)25-15-21(20)22-12-8-13-26(22)4/h5-7,9-11,14-15,17,22H,2,8,12-13H2,1,3-4H3. The van der Waals surface area contributed by atoms with Crippen molar-refractivity contribution in [2.24, 2.45) is 0 Å². The molecule has 2 nitrogen and oxygen atoms in total. The molecule has 0 aliphatic carbocycles. The Hall–Kier alpha value is -1.90. The molecule has 3 rings (SSSR count). The fourth-order valence-corrected chi connectivity index (χ4v) is 4.11. The summed E-state index contributed by atoms with van der Waals surface area (Å²) in [5, 5.41) is 0.547. The third-order valence-electron chi connectivity index (χ3n) is 5.46. The number of pyridine rings is 1. The maximum absolute atomic E-state index is 6.27. The van der Waals surface area contributed by atoms with Crippen molar-refractivity contribution in [2.75, 3.05) is 13.6 Å². The number of benzene rings is 1. The van der Waals surface area contributed by atoms with Gasteiger partial charge in [0.05, 0.1) is 0 Å². The summed E-state index contributed by atoms with van der Waals surface area (Å²) in [7, 11) is 2.19. The van der Waals surface area contributed by atoms with Gasteiger partial charge in [-0.1, -0.05) is 61.5 Å². The van der Waals surface area contributed by atoms with Crippen LogP contribution < -0.4 is 0 Å². The minimum absolute atomic E-state index is 0.172. The minimum atomic E-state index is 0.172. The fraction of sp³-hybridized carbons (Fsp3) is 0.348. The second-order valence-corrected chi connectivity index (χ2v) is 7.50. The third-order valence-corrected chi connectivity index (χ3v) is 5.66. The molecule has 3 heteroatoms. The predicted octanol–water partition coefficient (Wildman–Crippen LogP) is 6.35. The summed E-state index contributed by atoms with van der Waals surface area (Å²) in [5.41, 5.74) is 6.03. The number of allylic oxidation sites excluding steroid dienone is 2. The number of halogens is 1. The average Bonchev–Trinajstić information content (AvgIpc) is 3.07. The number of rotatable bonds is 5. The Bertz CT molecular complexity index is 825. The summed E-state index contributed by atoms with van der Waals surface area (Å²) in [6, 6.07) is 10.9. The van der Waals surface area contributed by atoms with Crippen LogP contribution in [0, 0.1) is 0 Å². The SMILES string of the molecule is C=C(c1ccccc1C=CC)C(C)c1cc(Cl)ncc1C1CCCN1C. The van der Waals surface area contributed by atoms with E-state index in [2.05, 4.69) is 66.9 Å². The van der Waals surface area contributed by atoms with Crippen molar-refractivity contribution < 1.29 is 0 Å². The Morgan fingerprint density at radius 2 is 2.15 bits per heavy atom. The molecule has 1 aliphatic heterocycles. The van der Waals surface area contributed by atoms with Gasteiger partial charge in [-0.3, -0.25) is 4.90 Å². The minimum Gasteiger partial charge on any atom is -0.299 e. The van der Waals surface area contributed by atoms with Crippen LogP contribution in [-0.4, -0.2) is 23.5 Å². The molecule has 1 aromatic carbocycles. The van der Waals surface area contributed by atoms with Crippen molar-refractivity contribution in [3.05, 3.63) is 76.6 Å². The zero-order valence-electron chi connectivity index (χ0n) is 15.9. The van der Waals surface area contributed by atoms with Gasteiger partial charge in [-0.05, 0) is 67.3 Å². The largest absolute Gasteiger partial charge is 0.299 e. The van der Waals surface area contributed by atoms with Crippen molar-refractivity contribution in [1.82, 2.24) is 9.88 Å². The Morgan fingerprint density at radius 3 is 2.85 bits per heavy atom. The van der Waals surface area contributed by atoms with Gasteiger partial charge in [0.15, 0.2) is 0 Å². The van der Waals surface area contributed by atoms with E-state index in [0.29, 0.717) is 11.2 Å². The van der Waals surface area contributed by atoms with Gasteiger partial charge in [0.25, 0.3) is 0 Å². The second kappa shape index (κ2) is 8.20. The Morgan fingerprint density at radius 1 is 1.38 bits per heavy atom. The van der Waals surface area contributed by atoms with Crippen LogP contribution in [0.3, 0.4) is 0 Å². The van der Waals surface area contributed by atoms with Gasteiger partial charge in [0.2, 0.25) is 0 Å². The van der Waals surface area contributed by atoms with Gasteiger partial charge in [0.1, 0.15) is 5.15 Å². The van der Waals surface area contributed by atoms with E-state index in [1.54, 1.807) is 0 Å². The maximum atomic E-state index is 6.27. The number of hydrogen-bond acceptors (Lipinski definition) is 2. The summed E-state index contributed by atoms with van der Waals surface area (Å²) in [6.45, 7) is 9.84. The first-order valence-corrected chi connectivity index (χ1v) is 9.67. The highest BCUT2D eigenvalue weighted by molar-refractivity contribution is 6.29. The number of likely N-dealkylation sites (tertiary alicyclic amines) is 1. The van der Waals surface area contributed by atoms with E-state index >= 15 is 0 Å². The molecule has 0 bridgehead atoms. The number of nitrogens with zero attached hydrogens (tertiary/aromatic N) is 2. The molecule has 0 saturated carbocycles. The lowest BCUT2D eigenvalue weighted by Gasteiger charge is -2.26. The fourth-order valence-electron chi connectivity index (χ4n) is 3.95. The second-order valence-electron chi connectivity index (χ2n) is 7.11. The summed E-state index contributed by atoms with van der Waals surface area (Å²) >= 11 is 6.27. The van der Waals surface area contributed by atoms with E-state index in [4.69, 9.17) is 11.6 Å². The number of hydrogen-bond donors (Lipinski definition) is 0. The normalized spacial score (nSPS) is 19.2. The van der Waals surface area contributed by atoms with Gasteiger partial charge in [-0.25, -0.2) is 4.98 Å². The molecule has 26 heavy (non-hydrogen) atoms. The van der Waals surface area contributed by atoms with E-state index in [1.807, 2.05) is 19.2 Å². The van der Waals surface area contributed by atoms with Crippen LogP contribution in [0.2, 0.25) is 5.15 Å². The lowest BCUT2D eigenvalue weighted by Crippen LogP contribution is -2.19. The molecule has 0 spiro atoms. The van der Waals surface area contributed by atoms with Gasteiger partial charge >= 0.3 is 0 Å². The molecular formula is C23H27ClN2. The highest BCUT2D eigenvalue weighted by Gasteiger charge is 2.27. The van der Waals surface area contributed by atoms with Crippen molar-refractivity contribution in [1.29, 1.82) is 0 Å². The highest BCUT2D eigenvalue weighted by Crippen LogP contribution is 2.40. The predicted molar refractivity (Wildman–Crippen MR) is 112 cm³/mol. The first kappa shape index (κ1) is 18.9. The van der Waals surface area contributed by atoms with E-state index in [1.165, 1.54) is 35.1 Å². The van der Waals surface area contributed by atoms with Crippen LogP contribution in [0.15, 0.2) is 49.2 Å². The van der Waals surface area contributed by atoms with Crippen LogP contribution >= 0.6 is 11.6 Å². The molecule has 0 radical (unpaired) electrons. The van der Waals surface area contributed by atoms with Crippen LogP contribution in [-0.2, 0) is 0 Å². The molecule has 1 aromatic heterocycles. The Balaban J connectivity index is 2.01. The molecule has 2 aromatic rings. The van der Waals surface area contributed by atoms with Crippen LogP contribution in [0.1, 0.15) is 60.9 Å². The van der Waals surface area contributed by atoms with Crippen molar-refractivity contribution in [3.63, 3.8) is 0 Å². The van der Waals surface area contributed by atoms with Crippen molar-refractivity contribution in [2.45, 2.75) is 38.6 Å². The highest BCUT2D eigenvalue weighted by atomic mass is 35.5. The van der Waals surface area contributed by atoms with E-state index < -0.39 is 0 Å². The lowest BCUT2D eigenvalue weighted by atomic mass is 9.84. The zero-order valence-corrected chi connectivity index (χ0v) is 16.6. The molecule has 0 amide bonds. The smallest absolute Gasteiger partial charge is 0.129 e. The number of aromatic nitrogens is 1. The Kier molecular flexibility index (Phi) is 5.95. The molecule has 136 valence electrons. The summed E-state index contributed by atoms with van der Waals surface area (Å²) < 4.78 is 0. The van der Waals surface area contributed by atoms with E-state index in [9.17, 15) is 0 Å². The van der Waals surface area contributed by atoms with Gasteiger partial charge in [0, 0.05) is 18.2 Å². The molecule has 2 heterocycles. The average molecular weight is 367 g/mol. The van der Waals surface area contributed by atoms with Gasteiger partial charge < -0.3 is 0 Å². The van der Waals surface area contributed by atoms with Gasteiger partial charge in [-0.15, -0.1) is 0 Å². The first-order valence-electron chi connectivity index (χ1n) is 9.29. The van der Waals surface area contributed by atoms with Gasteiger partial charge in [-0.2, -0.15) is 0 Å². The Labute approximate surface area is 162 Å². The maximum Gasteiger partial charge on any atom is 0.129 e. The molecular weight excluding hydrogens is 340 g/mol. The summed E-state index contributed by atoms with van der Waals surface area (Å²) in [5.74, 6) is 0.172. The van der Waals surface area contributed by atoms with E-state index in [-0.39, 0.29) is 5.92 Å². The lowest BCUT2D eigenvalue weighted by molar-refractivity contribution is 0.315. The topological polar surface area (TPSA) is 16.1 Å². The van der Waals surface area contributed by atoms with Crippen LogP contribution in [0.4, 0.5) is 0 Å². The first-order chi connectivity index (χ1) is 12.5. The van der Waals surface area contributed by atoms with E-state index in [0.717, 1.165) is 12.1 Å². The molecule has 2 unspecified atom stereocenters. The quantitative estimate of drug-likeness (QED) is 0.573. The molecule has 0 N–H and O–H groups in total. The summed E-state index contributed by atoms with van der Waals surface area (Å²) in [6.07, 6.45) is 8.56. The molecule has 2 atom stereocenters. The zero-order chi connectivity index (χ0) is 18.7. The molecule has 1 saturated heterocycles. The van der Waals surface area contributed by atoms with Crippen molar-refractivity contribution >= 4 is 23.3 Å². The van der Waals surface area contributed by atoms with Crippen LogP contribution in [0.5, 0.6) is 0 Å². The summed E-state index contributed by atoms with van der Waals surface area (Å²) in [4.78, 5) is 6.79.